The van der Waals surface area contributed by atoms with Gasteiger partial charge in [-0.25, -0.2) is 9.37 Å². The number of amides is 1. The number of hydrogen-bond acceptors (Lipinski definition) is 5. The largest absolute Gasteiger partial charge is 0.370 e. The number of carbonyl (C=O) groups is 1. The second kappa shape index (κ2) is 7.44. The van der Waals surface area contributed by atoms with Crippen LogP contribution in [0.4, 0.5) is 4.39 Å². The Hall–Kier alpha value is -2.19. The van der Waals surface area contributed by atoms with E-state index >= 15 is 0 Å². The number of halogens is 1. The maximum absolute atomic E-state index is 14.5. The first-order valence-corrected chi connectivity index (χ1v) is 10.6. The Morgan fingerprint density at radius 1 is 1.30 bits per heavy atom. The molecule has 1 aromatic carbocycles. The van der Waals surface area contributed by atoms with Crippen LogP contribution in [0.5, 0.6) is 0 Å². The number of hydrogen-bond donors (Lipinski definition) is 1. The highest BCUT2D eigenvalue weighted by Crippen LogP contribution is 2.35. The number of thiophene rings is 1. The fourth-order valence-electron chi connectivity index (χ4n) is 3.37. The molecule has 0 atom stereocenters. The highest BCUT2D eigenvalue weighted by atomic mass is 32.2. The van der Waals surface area contributed by atoms with Crippen LogP contribution in [-0.2, 0) is 17.6 Å². The summed E-state index contributed by atoms with van der Waals surface area (Å²) in [5.41, 5.74) is 6.22. The van der Waals surface area contributed by atoms with Gasteiger partial charge in [0.15, 0.2) is 5.16 Å². The van der Waals surface area contributed by atoms with Gasteiger partial charge >= 0.3 is 0 Å². The number of benzene rings is 1. The zero-order valence-electron chi connectivity index (χ0n) is 14.5. The van der Waals surface area contributed by atoms with E-state index in [9.17, 15) is 14.0 Å². The van der Waals surface area contributed by atoms with Crippen molar-refractivity contribution in [3.05, 3.63) is 50.9 Å². The summed E-state index contributed by atoms with van der Waals surface area (Å²) < 4.78 is 15.8. The number of carbonyl (C=O) groups excluding carboxylic acids is 1. The van der Waals surface area contributed by atoms with E-state index in [1.165, 1.54) is 27.3 Å². The first-order valence-electron chi connectivity index (χ1n) is 8.79. The van der Waals surface area contributed by atoms with Gasteiger partial charge in [-0.05, 0) is 43.4 Å². The van der Waals surface area contributed by atoms with Gasteiger partial charge in [-0.15, -0.1) is 11.3 Å². The Balaban J connectivity index is 1.93. The Kier molecular flexibility index (Phi) is 5.01. The minimum Gasteiger partial charge on any atom is -0.370 e. The quantitative estimate of drug-likeness (QED) is 0.523. The molecule has 5 nitrogen and oxygen atoms in total. The van der Waals surface area contributed by atoms with Crippen molar-refractivity contribution in [3.63, 3.8) is 0 Å². The molecule has 2 N–H and O–H groups in total. The number of primary amides is 1. The van der Waals surface area contributed by atoms with E-state index in [1.807, 2.05) is 0 Å². The maximum Gasteiger partial charge on any atom is 0.267 e. The first-order chi connectivity index (χ1) is 13.1. The first kappa shape index (κ1) is 18.2. The van der Waals surface area contributed by atoms with E-state index in [1.54, 1.807) is 29.5 Å². The van der Waals surface area contributed by atoms with Gasteiger partial charge in [-0.2, -0.15) is 0 Å². The molecule has 4 rings (SSSR count). The van der Waals surface area contributed by atoms with Gasteiger partial charge in [0.25, 0.3) is 5.56 Å². The van der Waals surface area contributed by atoms with E-state index in [4.69, 9.17) is 5.73 Å². The molecule has 0 radical (unpaired) electrons. The van der Waals surface area contributed by atoms with Crippen molar-refractivity contribution in [1.82, 2.24) is 9.55 Å². The molecule has 140 valence electrons. The average molecular weight is 404 g/mol. The lowest BCUT2D eigenvalue weighted by Gasteiger charge is -2.14. The fraction of sp³-hybridized carbons (Fsp3) is 0.316. The van der Waals surface area contributed by atoms with Crippen molar-refractivity contribution < 1.29 is 9.18 Å². The molecule has 1 amide bonds. The van der Waals surface area contributed by atoms with Crippen LogP contribution in [-0.4, -0.2) is 21.2 Å². The van der Waals surface area contributed by atoms with Crippen LogP contribution in [0.25, 0.3) is 15.9 Å². The van der Waals surface area contributed by atoms with Crippen molar-refractivity contribution >= 4 is 39.2 Å². The summed E-state index contributed by atoms with van der Waals surface area (Å²) in [5.74, 6) is -0.524. The standard InChI is InChI=1S/C19H18FN3O2S2/c20-12-6-2-3-7-13(12)23-18(25)16-11-5-1-4-8-14(11)27-17(16)22-19(23)26-10-9-15(21)24/h2-3,6-7H,1,4-5,8-10H2,(H2,21,24). The highest BCUT2D eigenvalue weighted by molar-refractivity contribution is 7.99. The predicted octanol–water partition coefficient (Wildman–Crippen LogP) is 3.43. The van der Waals surface area contributed by atoms with E-state index in [-0.39, 0.29) is 17.7 Å². The van der Waals surface area contributed by atoms with Crippen LogP contribution in [0.15, 0.2) is 34.2 Å². The monoisotopic (exact) mass is 403 g/mol. The van der Waals surface area contributed by atoms with Crippen LogP contribution < -0.4 is 11.3 Å². The summed E-state index contributed by atoms with van der Waals surface area (Å²) >= 11 is 2.80. The normalized spacial score (nSPS) is 13.7. The summed E-state index contributed by atoms with van der Waals surface area (Å²) in [4.78, 5) is 31.0. The molecular formula is C19H18FN3O2S2. The molecule has 1 aliphatic carbocycles. The number of rotatable bonds is 5. The number of aryl methyl sites for hydroxylation is 2. The Bertz CT molecular complexity index is 1090. The van der Waals surface area contributed by atoms with Crippen molar-refractivity contribution in [3.8, 4) is 5.69 Å². The minimum atomic E-state index is -0.485. The lowest BCUT2D eigenvalue weighted by Crippen LogP contribution is -2.23. The number of thioether (sulfide) groups is 1. The molecule has 2 heterocycles. The molecule has 0 saturated heterocycles. The lowest BCUT2D eigenvalue weighted by molar-refractivity contribution is -0.117. The Morgan fingerprint density at radius 2 is 2.07 bits per heavy atom. The van der Waals surface area contributed by atoms with Crippen molar-refractivity contribution in [2.45, 2.75) is 37.3 Å². The molecule has 8 heteroatoms. The maximum atomic E-state index is 14.5. The van der Waals surface area contributed by atoms with Crippen molar-refractivity contribution in [2.24, 2.45) is 5.73 Å². The smallest absolute Gasteiger partial charge is 0.267 e. The van der Waals surface area contributed by atoms with Gasteiger partial charge in [0, 0.05) is 17.1 Å². The topological polar surface area (TPSA) is 78.0 Å². The van der Waals surface area contributed by atoms with Gasteiger partial charge < -0.3 is 5.73 Å². The molecule has 1 aliphatic rings. The summed E-state index contributed by atoms with van der Waals surface area (Å²) in [7, 11) is 0. The zero-order valence-corrected chi connectivity index (χ0v) is 16.2. The van der Waals surface area contributed by atoms with Crippen LogP contribution in [0, 0.1) is 5.82 Å². The number of nitrogens with zero attached hydrogens (tertiary/aromatic N) is 2. The number of aromatic nitrogens is 2. The minimum absolute atomic E-state index is 0.163. The molecule has 0 spiro atoms. The molecule has 0 bridgehead atoms. The SMILES string of the molecule is NC(=O)CCSc1nc2sc3c(c2c(=O)n1-c1ccccc1F)CCCC3. The number of fused-ring (bicyclic) bond motifs is 3. The van der Waals surface area contributed by atoms with Crippen molar-refractivity contribution in [1.29, 1.82) is 0 Å². The third-order valence-electron chi connectivity index (χ3n) is 4.63. The van der Waals surface area contributed by atoms with E-state index in [0.717, 1.165) is 31.2 Å². The second-order valence-electron chi connectivity index (χ2n) is 6.44. The van der Waals surface area contributed by atoms with Crippen LogP contribution >= 0.6 is 23.1 Å². The summed E-state index contributed by atoms with van der Waals surface area (Å²) in [6.45, 7) is 0. The number of para-hydroxylation sites is 1. The molecule has 0 unspecified atom stereocenters. The van der Waals surface area contributed by atoms with Crippen LogP contribution in [0.1, 0.15) is 29.7 Å². The van der Waals surface area contributed by atoms with E-state index < -0.39 is 11.7 Å². The molecule has 27 heavy (non-hydrogen) atoms. The average Bonchev–Trinajstić information content (AvgIpc) is 3.01. The van der Waals surface area contributed by atoms with Gasteiger partial charge in [0.05, 0.1) is 11.1 Å². The van der Waals surface area contributed by atoms with Gasteiger partial charge in [-0.3, -0.25) is 14.2 Å². The summed E-state index contributed by atoms with van der Waals surface area (Å²) in [6, 6.07) is 6.17. The molecule has 2 aromatic heterocycles. The Morgan fingerprint density at radius 3 is 2.85 bits per heavy atom. The third-order valence-corrected chi connectivity index (χ3v) is 6.76. The van der Waals surface area contributed by atoms with E-state index in [0.29, 0.717) is 21.1 Å². The highest BCUT2D eigenvalue weighted by Gasteiger charge is 2.23. The van der Waals surface area contributed by atoms with E-state index in [2.05, 4.69) is 4.98 Å². The molecule has 0 saturated carbocycles. The predicted molar refractivity (Wildman–Crippen MR) is 106 cm³/mol. The molecule has 0 fully saturated rings. The van der Waals surface area contributed by atoms with Crippen molar-refractivity contribution in [2.75, 3.05) is 5.75 Å². The van der Waals surface area contributed by atoms with Gasteiger partial charge in [-0.1, -0.05) is 23.9 Å². The fourth-order valence-corrected chi connectivity index (χ4v) is 5.63. The van der Waals surface area contributed by atoms with Crippen LogP contribution in [0.2, 0.25) is 0 Å². The summed E-state index contributed by atoms with van der Waals surface area (Å²) in [5, 5.41) is 0.995. The number of nitrogens with two attached hydrogens (primary N) is 1. The molecule has 0 aliphatic heterocycles. The second-order valence-corrected chi connectivity index (χ2v) is 8.59. The van der Waals surface area contributed by atoms with Gasteiger partial charge in [0.2, 0.25) is 5.91 Å². The lowest BCUT2D eigenvalue weighted by atomic mass is 9.97. The third kappa shape index (κ3) is 3.39. The van der Waals surface area contributed by atoms with Gasteiger partial charge in [0.1, 0.15) is 10.6 Å². The van der Waals surface area contributed by atoms with Crippen LogP contribution in [0.3, 0.4) is 0 Å². The zero-order chi connectivity index (χ0) is 19.0. The Labute approximate surface area is 163 Å². The summed E-state index contributed by atoms with van der Waals surface area (Å²) in [6.07, 6.45) is 4.14. The molecular weight excluding hydrogens is 385 g/mol. The molecule has 3 aromatic rings.